The van der Waals surface area contributed by atoms with Gasteiger partial charge in [-0.25, -0.2) is 0 Å². The summed E-state index contributed by atoms with van der Waals surface area (Å²) in [5, 5.41) is 5.74. The number of carbonyl (C=O) groups excluding carboxylic acids is 2. The maximum atomic E-state index is 12.2. The number of benzene rings is 1. The van der Waals surface area contributed by atoms with E-state index in [0.29, 0.717) is 17.7 Å². The molecule has 1 rings (SSSR count). The van der Waals surface area contributed by atoms with E-state index in [0.717, 1.165) is 13.0 Å². The SMILES string of the molecule is CCCC(=O)Nc1cccc(C(=O)NC(C)CN(C)C)c1. The van der Waals surface area contributed by atoms with Crippen LogP contribution in [-0.4, -0.2) is 43.4 Å². The van der Waals surface area contributed by atoms with Crippen LogP contribution in [0, 0.1) is 0 Å². The third-order valence-corrected chi connectivity index (χ3v) is 2.90. The van der Waals surface area contributed by atoms with Crippen molar-refractivity contribution < 1.29 is 9.59 Å². The molecule has 0 fully saturated rings. The van der Waals surface area contributed by atoms with Crippen molar-refractivity contribution in [2.75, 3.05) is 26.0 Å². The van der Waals surface area contributed by atoms with Gasteiger partial charge in [0.15, 0.2) is 0 Å². The van der Waals surface area contributed by atoms with Crippen molar-refractivity contribution in [3.63, 3.8) is 0 Å². The highest BCUT2D eigenvalue weighted by molar-refractivity contribution is 5.97. The van der Waals surface area contributed by atoms with Crippen LogP contribution in [0.2, 0.25) is 0 Å². The third kappa shape index (κ3) is 6.40. The molecule has 2 amide bonds. The Labute approximate surface area is 126 Å². The van der Waals surface area contributed by atoms with Gasteiger partial charge in [-0.3, -0.25) is 9.59 Å². The molecule has 5 nitrogen and oxygen atoms in total. The highest BCUT2D eigenvalue weighted by atomic mass is 16.2. The van der Waals surface area contributed by atoms with Crippen molar-refractivity contribution in [2.24, 2.45) is 0 Å². The number of nitrogens with one attached hydrogen (secondary N) is 2. The van der Waals surface area contributed by atoms with Crippen LogP contribution in [0.4, 0.5) is 5.69 Å². The second-order valence-electron chi connectivity index (χ2n) is 5.52. The summed E-state index contributed by atoms with van der Waals surface area (Å²) in [5.41, 5.74) is 1.20. The molecule has 0 aliphatic carbocycles. The molecule has 0 aliphatic rings. The summed E-state index contributed by atoms with van der Waals surface area (Å²) in [7, 11) is 3.93. The maximum Gasteiger partial charge on any atom is 0.251 e. The summed E-state index contributed by atoms with van der Waals surface area (Å²) in [6.07, 6.45) is 1.28. The molecule has 0 heterocycles. The van der Waals surface area contributed by atoms with Gasteiger partial charge in [-0.2, -0.15) is 0 Å². The number of nitrogens with zero attached hydrogens (tertiary/aromatic N) is 1. The first-order chi connectivity index (χ1) is 9.92. The standard InChI is InChI=1S/C16H25N3O2/c1-5-7-15(20)18-14-9-6-8-13(10-14)16(21)17-12(2)11-19(3)4/h6,8-10,12H,5,7,11H2,1-4H3,(H,17,21)(H,18,20). The van der Waals surface area contributed by atoms with Gasteiger partial charge in [-0.15, -0.1) is 0 Å². The first-order valence-corrected chi connectivity index (χ1v) is 7.28. The molecule has 5 heteroatoms. The molecule has 0 saturated carbocycles. The highest BCUT2D eigenvalue weighted by Crippen LogP contribution is 2.11. The molecule has 2 N–H and O–H groups in total. The summed E-state index contributed by atoms with van der Waals surface area (Å²) in [4.78, 5) is 25.8. The number of rotatable bonds is 7. The molecule has 116 valence electrons. The van der Waals surface area contributed by atoms with Gasteiger partial charge in [0.25, 0.3) is 5.91 Å². The lowest BCUT2D eigenvalue weighted by molar-refractivity contribution is -0.116. The lowest BCUT2D eigenvalue weighted by Crippen LogP contribution is -2.39. The van der Waals surface area contributed by atoms with Crippen LogP contribution in [0.5, 0.6) is 0 Å². The number of carbonyl (C=O) groups is 2. The van der Waals surface area contributed by atoms with Gasteiger partial charge in [0, 0.05) is 30.3 Å². The van der Waals surface area contributed by atoms with Crippen molar-refractivity contribution in [3.8, 4) is 0 Å². The van der Waals surface area contributed by atoms with Gasteiger partial charge in [0.2, 0.25) is 5.91 Å². The van der Waals surface area contributed by atoms with Crippen LogP contribution in [0.25, 0.3) is 0 Å². The molecule has 0 bridgehead atoms. The largest absolute Gasteiger partial charge is 0.348 e. The molecule has 1 unspecified atom stereocenters. The zero-order valence-corrected chi connectivity index (χ0v) is 13.3. The monoisotopic (exact) mass is 291 g/mol. The molecule has 0 saturated heterocycles. The van der Waals surface area contributed by atoms with E-state index in [1.165, 1.54) is 0 Å². The summed E-state index contributed by atoms with van der Waals surface area (Å²) in [5.74, 6) is -0.160. The number of likely N-dealkylation sites (N-methyl/N-ethyl adjacent to an activating group) is 1. The molecule has 21 heavy (non-hydrogen) atoms. The average molecular weight is 291 g/mol. The Hall–Kier alpha value is -1.88. The zero-order chi connectivity index (χ0) is 15.8. The quantitative estimate of drug-likeness (QED) is 0.809. The van der Waals surface area contributed by atoms with E-state index >= 15 is 0 Å². The topological polar surface area (TPSA) is 61.4 Å². The van der Waals surface area contributed by atoms with Gasteiger partial charge in [0.05, 0.1) is 0 Å². The molecule has 0 radical (unpaired) electrons. The fourth-order valence-electron chi connectivity index (χ4n) is 2.09. The molecular weight excluding hydrogens is 266 g/mol. The van der Waals surface area contributed by atoms with Crippen LogP contribution in [0.3, 0.4) is 0 Å². The summed E-state index contributed by atoms with van der Waals surface area (Å²) >= 11 is 0. The maximum absolute atomic E-state index is 12.2. The predicted molar refractivity (Wildman–Crippen MR) is 85.5 cm³/mol. The van der Waals surface area contributed by atoms with Gasteiger partial charge in [0.1, 0.15) is 0 Å². The summed E-state index contributed by atoms with van der Waals surface area (Å²) < 4.78 is 0. The molecule has 1 atom stereocenters. The Bertz CT molecular complexity index is 486. The van der Waals surface area contributed by atoms with Gasteiger partial charge < -0.3 is 15.5 Å². The van der Waals surface area contributed by atoms with Gasteiger partial charge >= 0.3 is 0 Å². The lowest BCUT2D eigenvalue weighted by Gasteiger charge is -2.18. The molecule has 0 aliphatic heterocycles. The van der Waals surface area contributed by atoms with E-state index in [9.17, 15) is 9.59 Å². The number of hydrogen-bond donors (Lipinski definition) is 2. The van der Waals surface area contributed by atoms with E-state index < -0.39 is 0 Å². The van der Waals surface area contributed by atoms with E-state index in [1.807, 2.05) is 32.8 Å². The van der Waals surface area contributed by atoms with Gasteiger partial charge in [-0.05, 0) is 45.6 Å². The normalized spacial score (nSPS) is 12.0. The van der Waals surface area contributed by atoms with Crippen molar-refractivity contribution in [3.05, 3.63) is 29.8 Å². The van der Waals surface area contributed by atoms with E-state index in [2.05, 4.69) is 10.6 Å². The minimum Gasteiger partial charge on any atom is -0.348 e. The molecular formula is C16H25N3O2. The fraction of sp³-hybridized carbons (Fsp3) is 0.500. The number of amides is 2. The average Bonchev–Trinajstić information content (AvgIpc) is 2.38. The minimum absolute atomic E-state index is 0.0315. The lowest BCUT2D eigenvalue weighted by atomic mass is 10.1. The predicted octanol–water partition coefficient (Wildman–Crippen LogP) is 2.11. The third-order valence-electron chi connectivity index (χ3n) is 2.90. The van der Waals surface area contributed by atoms with Crippen LogP contribution in [-0.2, 0) is 4.79 Å². The van der Waals surface area contributed by atoms with Crippen molar-refractivity contribution in [1.29, 1.82) is 0 Å². The second kappa shape index (κ2) is 8.42. The summed E-state index contributed by atoms with van der Waals surface area (Å²) in [6, 6.07) is 7.06. The Balaban J connectivity index is 2.66. The summed E-state index contributed by atoms with van der Waals surface area (Å²) in [6.45, 7) is 4.69. The smallest absolute Gasteiger partial charge is 0.251 e. The van der Waals surface area contributed by atoms with Crippen molar-refractivity contribution >= 4 is 17.5 Å². The highest BCUT2D eigenvalue weighted by Gasteiger charge is 2.11. The van der Waals surface area contributed by atoms with E-state index in [4.69, 9.17) is 0 Å². The fourth-order valence-corrected chi connectivity index (χ4v) is 2.09. The second-order valence-corrected chi connectivity index (χ2v) is 5.52. The molecule has 0 spiro atoms. The molecule has 1 aromatic carbocycles. The van der Waals surface area contributed by atoms with E-state index in [1.54, 1.807) is 24.3 Å². The van der Waals surface area contributed by atoms with Crippen LogP contribution < -0.4 is 10.6 Å². The van der Waals surface area contributed by atoms with Crippen LogP contribution in [0.1, 0.15) is 37.0 Å². The Morgan fingerprint density at radius 3 is 2.62 bits per heavy atom. The minimum atomic E-state index is -0.129. The molecule has 1 aromatic rings. The first kappa shape index (κ1) is 17.2. The zero-order valence-electron chi connectivity index (χ0n) is 13.3. The van der Waals surface area contributed by atoms with Crippen molar-refractivity contribution in [2.45, 2.75) is 32.7 Å². The van der Waals surface area contributed by atoms with Crippen LogP contribution in [0.15, 0.2) is 24.3 Å². The number of anilines is 1. The Morgan fingerprint density at radius 2 is 2.00 bits per heavy atom. The van der Waals surface area contributed by atoms with Crippen LogP contribution >= 0.6 is 0 Å². The van der Waals surface area contributed by atoms with Gasteiger partial charge in [-0.1, -0.05) is 13.0 Å². The molecule has 0 aromatic heterocycles. The number of hydrogen-bond acceptors (Lipinski definition) is 3. The Kier molecular flexibility index (Phi) is 6.88. The van der Waals surface area contributed by atoms with Crippen molar-refractivity contribution in [1.82, 2.24) is 10.2 Å². The Morgan fingerprint density at radius 1 is 1.29 bits per heavy atom. The first-order valence-electron chi connectivity index (χ1n) is 7.28. The van der Waals surface area contributed by atoms with E-state index in [-0.39, 0.29) is 17.9 Å².